The summed E-state index contributed by atoms with van der Waals surface area (Å²) in [5.41, 5.74) is 15.6. The first-order valence-electron chi connectivity index (χ1n) is 36.3. The van der Waals surface area contributed by atoms with E-state index in [1.807, 2.05) is 46.9 Å². The first kappa shape index (κ1) is 71.6. The van der Waals surface area contributed by atoms with Crippen LogP contribution in [-0.4, -0.2) is 9.13 Å². The van der Waals surface area contributed by atoms with Gasteiger partial charge in [-0.15, -0.1) is 68.0 Å². The van der Waals surface area contributed by atoms with Gasteiger partial charge in [0, 0.05) is 42.7 Å². The minimum absolute atomic E-state index is 0.0892. The van der Waals surface area contributed by atoms with E-state index >= 15 is 0 Å². The van der Waals surface area contributed by atoms with Crippen LogP contribution >= 0.6 is 68.0 Å². The fourth-order valence-electron chi connectivity index (χ4n) is 15.4. The Hall–Kier alpha value is -8.80. The molecular formula is C88H84N6O2S6. The summed E-state index contributed by atoms with van der Waals surface area (Å²) in [7, 11) is 3.27. The van der Waals surface area contributed by atoms with E-state index in [0.29, 0.717) is 18.4 Å². The molecule has 0 spiro atoms. The fourth-order valence-corrected chi connectivity index (χ4v) is 22.2. The minimum Gasteiger partial charge on any atom is -0.310 e. The highest BCUT2D eigenvalue weighted by Gasteiger charge is 2.53. The van der Waals surface area contributed by atoms with Crippen LogP contribution in [0.4, 0.5) is 0 Å². The second kappa shape index (κ2) is 31.8. The summed E-state index contributed by atoms with van der Waals surface area (Å²) in [6.45, 7) is 24.5. The maximum Gasteiger partial charge on any atom is 0.294 e. The zero-order valence-electron chi connectivity index (χ0n) is 59.1. The minimum atomic E-state index is -0.745. The van der Waals surface area contributed by atoms with Crippen LogP contribution < -0.4 is 29.5 Å². The zero-order chi connectivity index (χ0) is 71.1. The molecular weight excluding hydrogens is 1370 g/mol. The maximum absolute atomic E-state index is 13.9. The lowest BCUT2D eigenvalue weighted by Crippen LogP contribution is -2.30. The van der Waals surface area contributed by atoms with Gasteiger partial charge in [0.2, 0.25) is 0 Å². The van der Waals surface area contributed by atoms with Gasteiger partial charge in [0.25, 0.3) is 22.5 Å². The third kappa shape index (κ3) is 13.6. The van der Waals surface area contributed by atoms with Crippen molar-refractivity contribution in [1.82, 2.24) is 9.13 Å². The predicted molar refractivity (Wildman–Crippen MR) is 428 cm³/mol. The Morgan fingerprint density at radius 1 is 0.412 bits per heavy atom. The van der Waals surface area contributed by atoms with Gasteiger partial charge in [-0.25, -0.2) is 20.2 Å². The fraction of sp³-hybridized carbons (Fsp3) is 0.318. The van der Waals surface area contributed by atoms with E-state index in [1.54, 1.807) is 36.8 Å². The summed E-state index contributed by atoms with van der Waals surface area (Å²) in [5.74, 6) is 0. The van der Waals surface area contributed by atoms with Crippen molar-refractivity contribution in [2.45, 2.75) is 167 Å². The summed E-state index contributed by atoms with van der Waals surface area (Å²) in [5, 5.41) is 19.7. The van der Waals surface area contributed by atoms with Crippen LogP contribution in [0.15, 0.2) is 155 Å². The van der Waals surface area contributed by atoms with Gasteiger partial charge in [-0.3, -0.25) is 9.59 Å². The summed E-state index contributed by atoms with van der Waals surface area (Å²) in [6, 6.07) is 60.9. The van der Waals surface area contributed by atoms with Gasteiger partial charge < -0.3 is 9.13 Å². The number of hydrogen-bond acceptors (Lipinski definition) is 10. The van der Waals surface area contributed by atoms with Crippen LogP contribution in [0.2, 0.25) is 0 Å². The number of aromatic nitrogens is 2. The number of nitrogens with zero attached hydrogens (tertiary/aromatic N) is 6. The molecule has 0 N–H and O–H groups in total. The second-order valence-corrected chi connectivity index (χ2v) is 33.7. The van der Waals surface area contributed by atoms with Crippen molar-refractivity contribution in [2.75, 3.05) is 0 Å². The number of hydrogen-bond donors (Lipinski definition) is 0. The van der Waals surface area contributed by atoms with E-state index in [1.165, 1.54) is 197 Å². The molecule has 0 fully saturated rings. The highest BCUT2D eigenvalue weighted by atomic mass is 32.1. The van der Waals surface area contributed by atoms with Gasteiger partial charge in [-0.05, 0) is 190 Å². The number of unbranched alkanes of at least 4 members (excludes halogenated alkanes) is 12. The van der Waals surface area contributed by atoms with Gasteiger partial charge in [-0.2, -0.15) is 0 Å². The zero-order valence-corrected chi connectivity index (χ0v) is 64.0. The lowest BCUT2D eigenvalue weighted by atomic mass is 9.65. The van der Waals surface area contributed by atoms with Gasteiger partial charge in [0.15, 0.2) is 0 Å². The van der Waals surface area contributed by atoms with Crippen LogP contribution in [0.25, 0.3) is 54.1 Å². The molecule has 0 atom stereocenters. The molecule has 14 heteroatoms. The molecule has 11 aromatic rings. The van der Waals surface area contributed by atoms with E-state index in [4.69, 9.17) is 13.1 Å². The topological polar surface area (TPSA) is 100 Å². The van der Waals surface area contributed by atoms with Crippen molar-refractivity contribution in [3.05, 3.63) is 302 Å². The normalized spacial score (nSPS) is 14.7. The first-order chi connectivity index (χ1) is 49.8. The lowest BCUT2D eigenvalue weighted by molar-refractivity contribution is 0.666. The number of rotatable bonds is 26. The van der Waals surface area contributed by atoms with Crippen molar-refractivity contribution < 1.29 is 0 Å². The quantitative estimate of drug-likeness (QED) is 0.0398. The second-order valence-electron chi connectivity index (χ2n) is 27.3. The highest BCUT2D eigenvalue weighted by molar-refractivity contribution is 7.17. The molecule has 2 aliphatic carbocycles. The van der Waals surface area contributed by atoms with Crippen LogP contribution in [0.3, 0.4) is 0 Å². The third-order valence-electron chi connectivity index (χ3n) is 20.7. The number of thiophene rings is 4. The molecule has 0 saturated carbocycles. The number of aryl methyl sites for hydroxylation is 4. The highest BCUT2D eigenvalue weighted by Crippen LogP contribution is 2.65. The number of fused-ring (bicyclic) bond motifs is 6. The molecule has 0 saturated heterocycles. The van der Waals surface area contributed by atoms with Crippen molar-refractivity contribution in [1.29, 1.82) is 10.5 Å². The van der Waals surface area contributed by atoms with Crippen LogP contribution in [-0.2, 0) is 50.6 Å². The number of thiazole rings is 2. The molecule has 6 aromatic heterocycles. The Morgan fingerprint density at radius 3 is 1.01 bits per heavy atom. The molecule has 0 aliphatic heterocycles. The van der Waals surface area contributed by atoms with Crippen molar-refractivity contribution >= 4 is 91.6 Å². The number of nitriles is 2. The Bertz CT molecular complexity index is 5230. The maximum atomic E-state index is 13.9. The Morgan fingerprint density at radius 2 is 0.725 bits per heavy atom. The smallest absolute Gasteiger partial charge is 0.294 e. The molecule has 102 heavy (non-hydrogen) atoms. The van der Waals surface area contributed by atoms with E-state index < -0.39 is 10.8 Å². The average Bonchev–Trinajstić information content (AvgIpc) is 1.50. The summed E-state index contributed by atoms with van der Waals surface area (Å²) in [4.78, 5) is 39.3. The van der Waals surface area contributed by atoms with E-state index in [2.05, 4.69) is 183 Å². The molecule has 0 bridgehead atoms. The van der Waals surface area contributed by atoms with Crippen molar-refractivity contribution in [3.8, 4) is 33.0 Å². The summed E-state index contributed by atoms with van der Waals surface area (Å²) in [6.07, 6.45) is 27.8. The van der Waals surface area contributed by atoms with Gasteiger partial charge >= 0.3 is 0 Å². The molecule has 0 unspecified atom stereocenters. The van der Waals surface area contributed by atoms with Gasteiger partial charge in [-0.1, -0.05) is 202 Å². The van der Waals surface area contributed by atoms with Crippen molar-refractivity contribution in [2.24, 2.45) is 14.1 Å². The molecule has 2 aliphatic rings. The summed E-state index contributed by atoms with van der Waals surface area (Å²) < 4.78 is 8.23. The van der Waals surface area contributed by atoms with Crippen molar-refractivity contribution in [3.63, 3.8) is 0 Å². The average molecular weight is 1450 g/mol. The third-order valence-corrected chi connectivity index (χ3v) is 27.8. The van der Waals surface area contributed by atoms with Crippen LogP contribution in [0, 0.1) is 53.9 Å². The summed E-state index contributed by atoms with van der Waals surface area (Å²) >= 11 is 9.20. The molecule has 6 heterocycles. The van der Waals surface area contributed by atoms with E-state index in [9.17, 15) is 20.1 Å². The Balaban J connectivity index is 1.09. The molecule has 0 amide bonds. The Labute approximate surface area is 622 Å². The molecule has 514 valence electrons. The first-order valence-corrected chi connectivity index (χ1v) is 41.2. The molecule has 8 nitrogen and oxygen atoms in total. The van der Waals surface area contributed by atoms with Gasteiger partial charge in [0.05, 0.1) is 45.2 Å². The van der Waals surface area contributed by atoms with E-state index in [0.717, 1.165) is 79.3 Å². The number of benzene rings is 5. The SMILES string of the molecule is [C-]#[N+]/C(C#N)=c1\s/c(=c2\cc/c(=C\c3cc4c(s3)-c3cc5c(cc3C4(c3ccc(CCCCCC)cc3)c3ccc(CCCCCC)cc3)-c3sc(/C=c4\cc/c(=c6\s/c(=C(\C#N)[N+]#[C-])n(C)c6=O)s4)cc3C5(c3ccc(CCCCCC)cc3)c3ccc(CCCCCC)cc3)s2)c(=O)n1C. The monoisotopic (exact) mass is 1450 g/mol. The van der Waals surface area contributed by atoms with E-state index in [-0.39, 0.29) is 22.5 Å². The molecule has 13 rings (SSSR count). The molecule has 5 aromatic carbocycles. The Kier molecular flexibility index (Phi) is 22.3. The van der Waals surface area contributed by atoms with Crippen LogP contribution in [0.5, 0.6) is 0 Å². The molecule has 0 radical (unpaired) electrons. The largest absolute Gasteiger partial charge is 0.310 e. The van der Waals surface area contributed by atoms with Gasteiger partial charge in [0.1, 0.15) is 18.4 Å². The predicted octanol–water partition coefficient (Wildman–Crippen LogP) is 20.0. The lowest BCUT2D eigenvalue weighted by Gasteiger charge is -2.35. The standard InChI is InChI=1S/C88H84N6O2S6/c1-9-13-17-21-25-57-29-37-61(38-30-57)87(62-39-31-58(32-40-62)26-22-18-14-10-2)71-53-70-72(54-69(71)79-73(87)51-67(99-79)49-65-45-47-77(97-65)81-83(95)93(7)85(101-81)75(55-89)91-5)88(63-41-33-59(34-42-63)27-23-19-15-11-3,64-43-35-60(36-44-64)28-24-20-16-12-4)74-52-68(100-80(70)74)50-66-46-48-78(98-66)82-84(96)94(8)86(102-82)76(56-90)92-6/h29-54H,9-28H2,1-4,7-8H3/b65-49+,66-50+,81-77+,82-78+,85-75-,86-76+. The van der Waals surface area contributed by atoms with Crippen LogP contribution in [0.1, 0.15) is 207 Å².